The summed E-state index contributed by atoms with van der Waals surface area (Å²) in [6.07, 6.45) is 0.863. The van der Waals surface area contributed by atoms with Gasteiger partial charge in [0.05, 0.1) is 6.54 Å². The summed E-state index contributed by atoms with van der Waals surface area (Å²) in [4.78, 5) is 16.6. The number of carbonyl (C=O) groups is 1. The van der Waals surface area contributed by atoms with Crippen LogP contribution in [0.1, 0.15) is 39.3 Å². The maximum Gasteiger partial charge on any atom is 0.321 e. The van der Waals surface area contributed by atoms with Crippen LogP contribution in [0, 0.1) is 0 Å². The lowest BCUT2D eigenvalue weighted by molar-refractivity contribution is 0.245. The first-order valence-corrected chi connectivity index (χ1v) is 13.7. The Balaban J connectivity index is 1.28. The van der Waals surface area contributed by atoms with Crippen molar-refractivity contribution >= 4 is 12.0 Å². The van der Waals surface area contributed by atoms with Crippen molar-refractivity contribution in [2.45, 2.75) is 38.5 Å². The molecule has 4 aromatic rings. The van der Waals surface area contributed by atoms with Crippen molar-refractivity contribution in [3.63, 3.8) is 0 Å². The second-order valence-corrected chi connectivity index (χ2v) is 9.88. The third-order valence-electron chi connectivity index (χ3n) is 6.77. The average Bonchev–Trinajstić information content (AvgIpc) is 3.01. The predicted molar refractivity (Wildman–Crippen MR) is 167 cm³/mol. The van der Waals surface area contributed by atoms with Crippen LogP contribution in [-0.4, -0.2) is 12.0 Å². The Morgan fingerprint density at radius 2 is 1.29 bits per heavy atom. The predicted octanol–water partition coefficient (Wildman–Crippen LogP) is 5.09. The summed E-state index contributed by atoms with van der Waals surface area (Å²) in [7, 11) is 0. The van der Waals surface area contributed by atoms with Gasteiger partial charge in [0.15, 0.2) is 5.96 Å². The van der Waals surface area contributed by atoms with Crippen LogP contribution >= 0.6 is 0 Å². The van der Waals surface area contributed by atoms with E-state index >= 15 is 0 Å². The van der Waals surface area contributed by atoms with Gasteiger partial charge in [-0.05, 0) is 39.8 Å². The van der Waals surface area contributed by atoms with Gasteiger partial charge in [-0.1, -0.05) is 116 Å². The zero-order valence-electron chi connectivity index (χ0n) is 23.2. The first-order valence-electron chi connectivity index (χ1n) is 13.7. The zero-order chi connectivity index (χ0) is 28.9. The van der Waals surface area contributed by atoms with Gasteiger partial charge in [-0.15, -0.1) is 0 Å². The van der Waals surface area contributed by atoms with E-state index in [0.29, 0.717) is 26.2 Å². The first-order chi connectivity index (χ1) is 20.0. The highest BCUT2D eigenvalue weighted by Crippen LogP contribution is 2.26. The SMILES string of the molecule is C=C(NCc1cccc(CNC(=O)NC(N)=NCc2cccc(CN)c2)c1)C(Cc1ccccc1)c1ccccc1. The molecule has 0 aliphatic carbocycles. The monoisotopic (exact) mass is 546 g/mol. The molecule has 7 N–H and O–H groups in total. The normalized spacial score (nSPS) is 11.9. The van der Waals surface area contributed by atoms with Crippen molar-refractivity contribution < 1.29 is 4.79 Å². The second kappa shape index (κ2) is 15.1. The van der Waals surface area contributed by atoms with Crippen LogP contribution in [0.3, 0.4) is 0 Å². The first kappa shape index (κ1) is 29.1. The van der Waals surface area contributed by atoms with Crippen molar-refractivity contribution in [3.05, 3.63) is 155 Å². The van der Waals surface area contributed by atoms with E-state index < -0.39 is 6.03 Å². The highest BCUT2D eigenvalue weighted by atomic mass is 16.2. The lowest BCUT2D eigenvalue weighted by Crippen LogP contribution is -2.43. The molecule has 0 aliphatic rings. The van der Waals surface area contributed by atoms with E-state index in [1.54, 1.807) is 0 Å². The number of carbonyl (C=O) groups excluding carboxylic acids is 1. The third-order valence-corrected chi connectivity index (χ3v) is 6.77. The van der Waals surface area contributed by atoms with E-state index in [1.807, 2.05) is 48.5 Å². The molecule has 2 amide bonds. The minimum atomic E-state index is -0.412. The molecule has 41 heavy (non-hydrogen) atoms. The van der Waals surface area contributed by atoms with Crippen LogP contribution in [-0.2, 0) is 32.6 Å². The Kier molecular flexibility index (Phi) is 10.7. The summed E-state index contributed by atoms with van der Waals surface area (Å²) in [5, 5.41) is 8.96. The van der Waals surface area contributed by atoms with Crippen molar-refractivity contribution in [2.75, 3.05) is 0 Å². The number of amides is 2. The molecule has 0 aromatic heterocycles. The number of guanidine groups is 1. The molecule has 0 bridgehead atoms. The summed E-state index contributed by atoms with van der Waals surface area (Å²) in [6, 6.07) is 36.4. The molecule has 0 spiro atoms. The number of nitrogens with two attached hydrogens (primary N) is 2. The van der Waals surface area contributed by atoms with Crippen LogP contribution in [0.5, 0.6) is 0 Å². The molecule has 7 heteroatoms. The fourth-order valence-electron chi connectivity index (χ4n) is 4.58. The van der Waals surface area contributed by atoms with E-state index in [2.05, 4.69) is 88.2 Å². The number of urea groups is 1. The van der Waals surface area contributed by atoms with Crippen LogP contribution in [0.4, 0.5) is 4.79 Å². The molecule has 4 aromatic carbocycles. The van der Waals surface area contributed by atoms with Gasteiger partial charge >= 0.3 is 6.03 Å². The number of hydrogen-bond donors (Lipinski definition) is 5. The van der Waals surface area contributed by atoms with Gasteiger partial charge in [0.1, 0.15) is 0 Å². The number of aliphatic imine (C=N–C) groups is 1. The maximum absolute atomic E-state index is 12.4. The van der Waals surface area contributed by atoms with E-state index in [-0.39, 0.29) is 11.9 Å². The molecule has 0 saturated heterocycles. The summed E-state index contributed by atoms with van der Waals surface area (Å²) in [5.74, 6) is 0.199. The summed E-state index contributed by atoms with van der Waals surface area (Å²) in [6.45, 7) is 6.19. The van der Waals surface area contributed by atoms with Crippen molar-refractivity contribution in [1.29, 1.82) is 0 Å². The topological polar surface area (TPSA) is 118 Å². The molecule has 0 aliphatic heterocycles. The Bertz CT molecular complexity index is 1450. The van der Waals surface area contributed by atoms with E-state index in [9.17, 15) is 4.79 Å². The molecule has 4 rings (SSSR count). The molecule has 7 nitrogen and oxygen atoms in total. The molecule has 1 unspecified atom stereocenters. The lowest BCUT2D eigenvalue weighted by Gasteiger charge is -2.22. The van der Waals surface area contributed by atoms with Gasteiger partial charge in [0, 0.05) is 31.2 Å². The summed E-state index contributed by atoms with van der Waals surface area (Å²) >= 11 is 0. The van der Waals surface area contributed by atoms with Gasteiger partial charge in [-0.2, -0.15) is 0 Å². The molecule has 210 valence electrons. The highest BCUT2D eigenvalue weighted by molar-refractivity contribution is 5.95. The summed E-state index contributed by atoms with van der Waals surface area (Å²) < 4.78 is 0. The second-order valence-electron chi connectivity index (χ2n) is 9.88. The van der Waals surface area contributed by atoms with Crippen molar-refractivity contribution in [2.24, 2.45) is 16.5 Å². The largest absolute Gasteiger partial charge is 0.384 e. The number of rotatable bonds is 12. The Labute approximate surface area is 242 Å². The van der Waals surface area contributed by atoms with Crippen LogP contribution in [0.25, 0.3) is 0 Å². The molecule has 0 heterocycles. The van der Waals surface area contributed by atoms with E-state index in [1.165, 1.54) is 11.1 Å². The van der Waals surface area contributed by atoms with E-state index in [0.717, 1.165) is 34.4 Å². The fraction of sp³-hybridized carbons (Fsp3) is 0.176. The molecular weight excluding hydrogens is 508 g/mol. The number of hydrogen-bond acceptors (Lipinski definition) is 4. The number of nitrogens with zero attached hydrogens (tertiary/aromatic N) is 1. The maximum atomic E-state index is 12.4. The molecule has 0 radical (unpaired) electrons. The van der Waals surface area contributed by atoms with Crippen molar-refractivity contribution in [3.8, 4) is 0 Å². The highest BCUT2D eigenvalue weighted by Gasteiger charge is 2.16. The molecule has 1 atom stereocenters. The van der Waals surface area contributed by atoms with Gasteiger partial charge in [-0.25, -0.2) is 9.79 Å². The van der Waals surface area contributed by atoms with Gasteiger partial charge < -0.3 is 22.1 Å². The Morgan fingerprint density at radius 3 is 1.98 bits per heavy atom. The van der Waals surface area contributed by atoms with E-state index in [4.69, 9.17) is 11.5 Å². The minimum Gasteiger partial charge on any atom is -0.384 e. The third kappa shape index (κ3) is 9.37. The Morgan fingerprint density at radius 1 is 0.732 bits per heavy atom. The van der Waals surface area contributed by atoms with Gasteiger partial charge in [0.25, 0.3) is 0 Å². The number of benzene rings is 4. The van der Waals surface area contributed by atoms with Gasteiger partial charge in [-0.3, -0.25) is 5.32 Å². The lowest BCUT2D eigenvalue weighted by atomic mass is 9.89. The average molecular weight is 547 g/mol. The van der Waals surface area contributed by atoms with Crippen LogP contribution in [0.2, 0.25) is 0 Å². The smallest absolute Gasteiger partial charge is 0.321 e. The standard InChI is InChI=1S/C34H38N6O/c1-25(32(31-16-6-3-7-17-31)20-26-10-4-2-5-11-26)37-22-29-14-9-15-30(19-29)24-39-34(41)40-33(36)38-23-28-13-8-12-27(18-28)21-35/h2-19,32,37H,1,20-24,35H2,(H4,36,38,39,40,41). The fourth-order valence-corrected chi connectivity index (χ4v) is 4.58. The Hall–Kier alpha value is -4.88. The summed E-state index contributed by atoms with van der Waals surface area (Å²) in [5.41, 5.74) is 19.1. The van der Waals surface area contributed by atoms with Crippen LogP contribution < -0.4 is 27.4 Å². The zero-order valence-corrected chi connectivity index (χ0v) is 23.2. The number of nitrogens with one attached hydrogen (secondary N) is 3. The quantitative estimate of drug-likeness (QED) is 0.126. The molecular formula is C34H38N6O. The molecule has 0 fully saturated rings. The number of allylic oxidation sites excluding steroid dienone is 1. The van der Waals surface area contributed by atoms with Gasteiger partial charge in [0.2, 0.25) is 0 Å². The van der Waals surface area contributed by atoms with Crippen molar-refractivity contribution in [1.82, 2.24) is 16.0 Å². The minimum absolute atomic E-state index is 0.0561. The molecule has 0 saturated carbocycles. The van der Waals surface area contributed by atoms with Crippen LogP contribution in [0.15, 0.2) is 126 Å².